The smallest absolute Gasteiger partial charge is 0.283 e. The van der Waals surface area contributed by atoms with E-state index in [1.54, 1.807) is 0 Å². The summed E-state index contributed by atoms with van der Waals surface area (Å²) in [4.78, 5) is 21.5. The molecule has 0 unspecified atom stereocenters. The molecule has 0 heterocycles. The number of nitrogens with two attached hydrogens (primary N) is 1. The standard InChI is InChI=1S/C9H9ClN2O3/c1-5-2-6(11)3-7(8(13)4-10)9(5)12(14)15/h2-3H,4,11H2,1H3. The summed E-state index contributed by atoms with van der Waals surface area (Å²) < 4.78 is 0. The minimum Gasteiger partial charge on any atom is -0.399 e. The number of carbonyl (C=O) groups is 1. The molecule has 2 N–H and O–H groups in total. The molecule has 0 aromatic heterocycles. The number of aryl methyl sites for hydroxylation is 1. The Kier molecular flexibility index (Phi) is 3.26. The lowest BCUT2D eigenvalue weighted by Gasteiger charge is -2.04. The van der Waals surface area contributed by atoms with E-state index in [4.69, 9.17) is 17.3 Å². The minimum absolute atomic E-state index is 0.0347. The van der Waals surface area contributed by atoms with Crippen molar-refractivity contribution in [2.75, 3.05) is 11.6 Å². The molecule has 0 aliphatic rings. The Balaban J connectivity index is 3.46. The quantitative estimate of drug-likeness (QED) is 0.281. The number of nitrogen functional groups attached to an aromatic ring is 1. The Bertz CT molecular complexity index is 432. The molecule has 0 amide bonds. The van der Waals surface area contributed by atoms with Crippen LogP contribution in [0.3, 0.4) is 0 Å². The molecular weight excluding hydrogens is 220 g/mol. The first-order chi connectivity index (χ1) is 6.97. The number of benzene rings is 1. The summed E-state index contributed by atoms with van der Waals surface area (Å²) in [6, 6.07) is 2.72. The lowest BCUT2D eigenvalue weighted by Crippen LogP contribution is -2.07. The predicted molar refractivity (Wildman–Crippen MR) is 57.3 cm³/mol. The van der Waals surface area contributed by atoms with Crippen LogP contribution in [0.15, 0.2) is 12.1 Å². The highest BCUT2D eigenvalue weighted by Crippen LogP contribution is 2.26. The van der Waals surface area contributed by atoms with Gasteiger partial charge in [0.2, 0.25) is 0 Å². The zero-order valence-corrected chi connectivity index (χ0v) is 8.75. The third-order valence-corrected chi connectivity index (χ3v) is 2.17. The summed E-state index contributed by atoms with van der Waals surface area (Å²) in [5, 5.41) is 10.7. The molecule has 0 radical (unpaired) electrons. The van der Waals surface area contributed by atoms with Crippen LogP contribution in [0.25, 0.3) is 0 Å². The number of rotatable bonds is 3. The summed E-state index contributed by atoms with van der Waals surface area (Å²) in [5.41, 5.74) is 5.91. The van der Waals surface area contributed by atoms with E-state index in [1.807, 2.05) is 0 Å². The first kappa shape index (κ1) is 11.5. The largest absolute Gasteiger partial charge is 0.399 e. The van der Waals surface area contributed by atoms with Crippen LogP contribution in [0.4, 0.5) is 11.4 Å². The maximum Gasteiger partial charge on any atom is 0.283 e. The highest BCUT2D eigenvalue weighted by Gasteiger charge is 2.22. The van der Waals surface area contributed by atoms with Crippen LogP contribution >= 0.6 is 11.6 Å². The number of hydrogen-bond acceptors (Lipinski definition) is 4. The van der Waals surface area contributed by atoms with Gasteiger partial charge in [-0.15, -0.1) is 11.6 Å². The molecule has 0 bridgehead atoms. The predicted octanol–water partition coefficient (Wildman–Crippen LogP) is 1.91. The summed E-state index contributed by atoms with van der Waals surface area (Å²) in [5.74, 6) is -0.803. The van der Waals surface area contributed by atoms with Crippen molar-refractivity contribution in [1.29, 1.82) is 0 Å². The highest BCUT2D eigenvalue weighted by atomic mass is 35.5. The first-order valence-electron chi connectivity index (χ1n) is 4.11. The molecule has 1 rings (SSSR count). The average Bonchev–Trinajstić information content (AvgIpc) is 2.14. The van der Waals surface area contributed by atoms with Crippen molar-refractivity contribution in [3.05, 3.63) is 33.4 Å². The van der Waals surface area contributed by atoms with Crippen molar-refractivity contribution in [3.8, 4) is 0 Å². The van der Waals surface area contributed by atoms with Crippen molar-refractivity contribution in [2.45, 2.75) is 6.92 Å². The lowest BCUT2D eigenvalue weighted by atomic mass is 10.0. The summed E-state index contributed by atoms with van der Waals surface area (Å²) >= 11 is 5.35. The number of nitro benzene ring substituents is 1. The number of alkyl halides is 1. The second-order valence-corrected chi connectivity index (χ2v) is 3.32. The molecule has 0 saturated carbocycles. The van der Waals surface area contributed by atoms with E-state index in [9.17, 15) is 14.9 Å². The van der Waals surface area contributed by atoms with E-state index >= 15 is 0 Å². The number of anilines is 1. The Hall–Kier alpha value is -1.62. The van der Waals surface area contributed by atoms with Crippen molar-refractivity contribution in [3.63, 3.8) is 0 Å². The Morgan fingerprint density at radius 1 is 1.60 bits per heavy atom. The normalized spacial score (nSPS) is 10.0. The van der Waals surface area contributed by atoms with E-state index < -0.39 is 10.7 Å². The number of nitro groups is 1. The van der Waals surface area contributed by atoms with Gasteiger partial charge >= 0.3 is 0 Å². The van der Waals surface area contributed by atoms with Crippen molar-refractivity contribution in [1.82, 2.24) is 0 Å². The fraction of sp³-hybridized carbons (Fsp3) is 0.222. The molecule has 5 nitrogen and oxygen atoms in total. The van der Waals surface area contributed by atoms with Crippen LogP contribution in [-0.4, -0.2) is 16.6 Å². The number of hydrogen-bond donors (Lipinski definition) is 1. The van der Waals surface area contributed by atoms with Crippen LogP contribution in [0.5, 0.6) is 0 Å². The molecule has 1 aromatic carbocycles. The first-order valence-corrected chi connectivity index (χ1v) is 4.64. The number of nitrogens with zero attached hydrogens (tertiary/aromatic N) is 1. The fourth-order valence-electron chi connectivity index (χ4n) is 1.33. The van der Waals surface area contributed by atoms with Crippen LogP contribution < -0.4 is 5.73 Å². The molecule has 0 aliphatic heterocycles. The van der Waals surface area contributed by atoms with Gasteiger partial charge in [0.15, 0.2) is 5.78 Å². The molecule has 6 heteroatoms. The average molecular weight is 229 g/mol. The van der Waals surface area contributed by atoms with Crippen molar-refractivity contribution in [2.24, 2.45) is 0 Å². The Labute approximate surface area is 91.0 Å². The Morgan fingerprint density at radius 3 is 2.67 bits per heavy atom. The van der Waals surface area contributed by atoms with E-state index in [2.05, 4.69) is 0 Å². The van der Waals surface area contributed by atoms with Gasteiger partial charge in [-0.3, -0.25) is 14.9 Å². The van der Waals surface area contributed by atoms with Gasteiger partial charge in [0.25, 0.3) is 5.69 Å². The van der Waals surface area contributed by atoms with Gasteiger partial charge in [-0.1, -0.05) is 0 Å². The van der Waals surface area contributed by atoms with Gasteiger partial charge in [-0.05, 0) is 19.1 Å². The maximum absolute atomic E-state index is 11.4. The molecule has 0 aliphatic carbocycles. The minimum atomic E-state index is -0.603. The third kappa shape index (κ3) is 2.24. The zero-order chi connectivity index (χ0) is 11.6. The van der Waals surface area contributed by atoms with E-state index in [0.717, 1.165) is 0 Å². The maximum atomic E-state index is 11.4. The molecule has 1 aromatic rings. The molecule has 0 atom stereocenters. The molecule has 15 heavy (non-hydrogen) atoms. The monoisotopic (exact) mass is 228 g/mol. The van der Waals surface area contributed by atoms with Gasteiger partial charge in [0.05, 0.1) is 16.4 Å². The third-order valence-electron chi connectivity index (χ3n) is 1.93. The van der Waals surface area contributed by atoms with E-state index in [1.165, 1.54) is 19.1 Å². The summed E-state index contributed by atoms with van der Waals surface area (Å²) in [6.45, 7) is 1.53. The topological polar surface area (TPSA) is 86.2 Å². The summed E-state index contributed by atoms with van der Waals surface area (Å²) in [7, 11) is 0. The van der Waals surface area contributed by atoms with Gasteiger partial charge < -0.3 is 5.73 Å². The number of halogens is 1. The van der Waals surface area contributed by atoms with Crippen molar-refractivity contribution < 1.29 is 9.72 Å². The molecule has 80 valence electrons. The number of carbonyl (C=O) groups excluding carboxylic acids is 1. The molecular formula is C9H9ClN2O3. The highest BCUT2D eigenvalue weighted by molar-refractivity contribution is 6.31. The molecule has 0 saturated heterocycles. The van der Waals surface area contributed by atoms with Gasteiger partial charge in [-0.25, -0.2) is 0 Å². The SMILES string of the molecule is Cc1cc(N)cc(C(=O)CCl)c1[N+](=O)[O-]. The number of ketones is 1. The second-order valence-electron chi connectivity index (χ2n) is 3.05. The van der Waals surface area contributed by atoms with E-state index in [-0.39, 0.29) is 17.1 Å². The van der Waals surface area contributed by atoms with E-state index in [0.29, 0.717) is 11.3 Å². The van der Waals surface area contributed by atoms with Crippen LogP contribution in [0.1, 0.15) is 15.9 Å². The van der Waals surface area contributed by atoms with Gasteiger partial charge in [-0.2, -0.15) is 0 Å². The molecule has 0 fully saturated rings. The van der Waals surface area contributed by atoms with Gasteiger partial charge in [0.1, 0.15) is 0 Å². The van der Waals surface area contributed by atoms with Crippen molar-refractivity contribution >= 4 is 28.8 Å². The lowest BCUT2D eigenvalue weighted by molar-refractivity contribution is -0.385. The Morgan fingerprint density at radius 2 is 2.20 bits per heavy atom. The zero-order valence-electron chi connectivity index (χ0n) is 7.99. The van der Waals surface area contributed by atoms with Crippen LogP contribution in [0.2, 0.25) is 0 Å². The van der Waals surface area contributed by atoms with Crippen LogP contribution in [-0.2, 0) is 0 Å². The number of Topliss-reactive ketones (excluding diaryl/α,β-unsaturated/α-hetero) is 1. The fourth-order valence-corrected chi connectivity index (χ4v) is 1.48. The van der Waals surface area contributed by atoms with Gasteiger partial charge in [0, 0.05) is 11.3 Å². The molecule has 0 spiro atoms. The summed E-state index contributed by atoms with van der Waals surface area (Å²) in [6.07, 6.45) is 0. The van der Waals surface area contributed by atoms with Crippen LogP contribution in [0, 0.1) is 17.0 Å². The second kappa shape index (κ2) is 4.27.